The number of hydrogen-bond donors (Lipinski definition) is 0. The second kappa shape index (κ2) is 13.4. The van der Waals surface area contributed by atoms with Crippen LogP contribution in [-0.4, -0.2) is 56.0 Å². The highest BCUT2D eigenvalue weighted by atomic mass is 79.9. The molecule has 2 aromatic heterocycles. The van der Waals surface area contributed by atoms with E-state index in [1.165, 1.54) is 0 Å². The minimum absolute atomic E-state index is 0.00845. The first-order chi connectivity index (χ1) is 19.9. The number of carbonyl (C=O) groups excluding carboxylic acids is 2. The van der Waals surface area contributed by atoms with Gasteiger partial charge in [0, 0.05) is 59.0 Å². The molecule has 0 N–H and O–H groups in total. The Labute approximate surface area is 252 Å². The zero-order valence-corrected chi connectivity index (χ0v) is 25.1. The Morgan fingerprint density at radius 2 is 1.76 bits per heavy atom. The molecule has 5 rings (SSSR count). The Morgan fingerprint density at radius 1 is 1.02 bits per heavy atom. The zero-order valence-electron chi connectivity index (χ0n) is 22.8. The van der Waals surface area contributed by atoms with Crippen molar-refractivity contribution in [1.82, 2.24) is 24.6 Å². The summed E-state index contributed by atoms with van der Waals surface area (Å²) in [5.41, 5.74) is 2.25. The van der Waals surface area contributed by atoms with Crippen molar-refractivity contribution in [2.45, 2.75) is 51.1 Å². The van der Waals surface area contributed by atoms with Crippen LogP contribution in [0.25, 0.3) is 22.8 Å². The van der Waals surface area contributed by atoms with E-state index in [2.05, 4.69) is 20.9 Å². The van der Waals surface area contributed by atoms with Crippen LogP contribution in [0.4, 0.5) is 0 Å². The van der Waals surface area contributed by atoms with Crippen molar-refractivity contribution < 1.29 is 14.3 Å². The third-order valence-electron chi connectivity index (χ3n) is 7.39. The number of ketones is 1. The highest BCUT2D eigenvalue weighted by Gasteiger charge is 2.27. The third kappa shape index (κ3) is 7.02. The monoisotopic (exact) mass is 635 g/mol. The smallest absolute Gasteiger partial charge is 0.223 e. The van der Waals surface area contributed by atoms with E-state index in [1.807, 2.05) is 46.0 Å². The van der Waals surface area contributed by atoms with E-state index in [-0.39, 0.29) is 30.6 Å². The predicted molar refractivity (Wildman–Crippen MR) is 162 cm³/mol. The fourth-order valence-electron chi connectivity index (χ4n) is 5.21. The summed E-state index contributed by atoms with van der Waals surface area (Å²) in [4.78, 5) is 37.2. The van der Waals surface area contributed by atoms with Crippen LogP contribution in [0.3, 0.4) is 0 Å². The van der Waals surface area contributed by atoms with Gasteiger partial charge in [-0.25, -0.2) is 9.67 Å². The lowest BCUT2D eigenvalue weighted by molar-refractivity contribution is -0.133. The third-order valence-corrected chi connectivity index (χ3v) is 8.21. The Balaban J connectivity index is 1.37. The number of aromatic nitrogens is 4. The lowest BCUT2D eigenvalue weighted by Crippen LogP contribution is -2.41. The SMILES string of the molecule is COc1ccc(-c2nc(-c3ccncc3)nn2CCN(C(=O)CCC(=O)c2ccc(Br)cc2)C2CCCC2)cc1Cl. The number of amides is 1. The molecule has 0 radical (unpaired) electrons. The Hall–Kier alpha value is -3.56. The van der Waals surface area contributed by atoms with Crippen molar-refractivity contribution in [2.24, 2.45) is 0 Å². The van der Waals surface area contributed by atoms with E-state index < -0.39 is 0 Å². The molecule has 212 valence electrons. The Morgan fingerprint density at radius 3 is 2.44 bits per heavy atom. The normalized spacial score (nSPS) is 13.3. The van der Waals surface area contributed by atoms with Crippen LogP contribution in [0.5, 0.6) is 5.75 Å². The van der Waals surface area contributed by atoms with E-state index in [0.717, 1.165) is 41.3 Å². The average Bonchev–Trinajstić information content (AvgIpc) is 3.68. The van der Waals surface area contributed by atoms with Gasteiger partial charge in [-0.2, -0.15) is 5.10 Å². The molecule has 0 aliphatic heterocycles. The largest absolute Gasteiger partial charge is 0.495 e. The van der Waals surface area contributed by atoms with Gasteiger partial charge in [-0.05, 0) is 55.3 Å². The first-order valence-electron chi connectivity index (χ1n) is 13.7. The molecule has 1 saturated carbocycles. The first kappa shape index (κ1) is 29.0. The summed E-state index contributed by atoms with van der Waals surface area (Å²) < 4.78 is 8.06. The summed E-state index contributed by atoms with van der Waals surface area (Å²) in [5.74, 6) is 1.74. The molecule has 10 heteroatoms. The molecule has 8 nitrogen and oxygen atoms in total. The summed E-state index contributed by atoms with van der Waals surface area (Å²) in [6, 6.07) is 16.6. The van der Waals surface area contributed by atoms with E-state index >= 15 is 0 Å². The van der Waals surface area contributed by atoms with Gasteiger partial charge in [0.2, 0.25) is 5.91 Å². The highest BCUT2D eigenvalue weighted by molar-refractivity contribution is 9.10. The molecule has 2 heterocycles. The Kier molecular flexibility index (Phi) is 9.46. The van der Waals surface area contributed by atoms with Crippen LogP contribution in [0.15, 0.2) is 71.5 Å². The topological polar surface area (TPSA) is 90.2 Å². The molecular weight excluding hydrogens is 606 g/mol. The molecule has 41 heavy (non-hydrogen) atoms. The molecule has 0 saturated heterocycles. The van der Waals surface area contributed by atoms with Crippen molar-refractivity contribution in [2.75, 3.05) is 13.7 Å². The number of methoxy groups -OCH3 is 1. The van der Waals surface area contributed by atoms with Crippen molar-refractivity contribution >= 4 is 39.2 Å². The van der Waals surface area contributed by atoms with Gasteiger partial charge in [-0.1, -0.05) is 52.5 Å². The minimum atomic E-state index is -0.0332. The maximum atomic E-state index is 13.5. The molecule has 1 aliphatic rings. The van der Waals surface area contributed by atoms with Gasteiger partial charge in [0.05, 0.1) is 18.7 Å². The van der Waals surface area contributed by atoms with Crippen LogP contribution >= 0.6 is 27.5 Å². The Bertz CT molecular complexity index is 1500. The molecule has 4 aromatic rings. The maximum absolute atomic E-state index is 13.5. The van der Waals surface area contributed by atoms with Crippen LogP contribution < -0.4 is 4.74 Å². The maximum Gasteiger partial charge on any atom is 0.223 e. The van der Waals surface area contributed by atoms with Gasteiger partial charge in [0.1, 0.15) is 5.75 Å². The molecule has 2 aromatic carbocycles. The van der Waals surface area contributed by atoms with Gasteiger partial charge in [0.15, 0.2) is 17.4 Å². The van der Waals surface area contributed by atoms with E-state index in [0.29, 0.717) is 41.1 Å². The van der Waals surface area contributed by atoms with Gasteiger partial charge >= 0.3 is 0 Å². The second-order valence-electron chi connectivity index (χ2n) is 10.0. The molecular formula is C31H31BrClN5O3. The van der Waals surface area contributed by atoms with E-state index in [4.69, 9.17) is 26.4 Å². The number of Topliss-reactive ketones (excluding diaryl/α,β-unsaturated/α-hetero) is 1. The van der Waals surface area contributed by atoms with E-state index in [9.17, 15) is 9.59 Å². The molecule has 0 atom stereocenters. The first-order valence-corrected chi connectivity index (χ1v) is 14.9. The van der Waals surface area contributed by atoms with Gasteiger partial charge in [-0.3, -0.25) is 14.6 Å². The quantitative estimate of drug-likeness (QED) is 0.167. The number of carbonyl (C=O) groups is 2. The second-order valence-corrected chi connectivity index (χ2v) is 11.3. The number of halogens is 2. The lowest BCUT2D eigenvalue weighted by Gasteiger charge is -2.29. The summed E-state index contributed by atoms with van der Waals surface area (Å²) in [5, 5.41) is 5.29. The van der Waals surface area contributed by atoms with Crippen LogP contribution in [0.2, 0.25) is 5.02 Å². The van der Waals surface area contributed by atoms with Gasteiger partial charge < -0.3 is 9.64 Å². The number of benzene rings is 2. The molecule has 1 amide bonds. The predicted octanol–water partition coefficient (Wildman–Crippen LogP) is 6.87. The van der Waals surface area contributed by atoms with Gasteiger partial charge in [-0.15, -0.1) is 0 Å². The molecule has 0 bridgehead atoms. The van der Waals surface area contributed by atoms with Crippen LogP contribution in [0.1, 0.15) is 48.9 Å². The van der Waals surface area contributed by atoms with Gasteiger partial charge in [0.25, 0.3) is 0 Å². The standard InChI is InChI=1S/C31H31BrClN5O3/c1-41-28-12-8-23(20-26(28)33)31-35-30(22-14-16-34-17-15-22)36-38(31)19-18-37(25-4-2-3-5-25)29(40)13-11-27(39)21-6-9-24(32)10-7-21/h6-10,12,14-17,20,25H,2-5,11,13,18-19H2,1H3. The average molecular weight is 637 g/mol. The summed E-state index contributed by atoms with van der Waals surface area (Å²) in [6.45, 7) is 0.909. The van der Waals surface area contributed by atoms with Crippen molar-refractivity contribution in [3.63, 3.8) is 0 Å². The molecule has 1 fully saturated rings. The minimum Gasteiger partial charge on any atom is -0.495 e. The summed E-state index contributed by atoms with van der Waals surface area (Å²) in [6.07, 6.45) is 7.88. The van der Waals surface area contributed by atoms with Crippen LogP contribution in [-0.2, 0) is 11.3 Å². The number of hydrogen-bond acceptors (Lipinski definition) is 6. The number of pyridine rings is 1. The summed E-state index contributed by atoms with van der Waals surface area (Å²) in [7, 11) is 1.58. The highest BCUT2D eigenvalue weighted by Crippen LogP contribution is 2.31. The molecule has 1 aliphatic carbocycles. The van der Waals surface area contributed by atoms with Crippen molar-refractivity contribution in [3.05, 3.63) is 82.0 Å². The fraction of sp³-hybridized carbons (Fsp3) is 0.323. The zero-order chi connectivity index (χ0) is 28.8. The van der Waals surface area contributed by atoms with Crippen molar-refractivity contribution in [1.29, 1.82) is 0 Å². The van der Waals surface area contributed by atoms with E-state index in [1.54, 1.807) is 37.7 Å². The van der Waals surface area contributed by atoms with Crippen molar-refractivity contribution in [3.8, 4) is 28.5 Å². The summed E-state index contributed by atoms with van der Waals surface area (Å²) >= 11 is 9.85. The number of nitrogens with zero attached hydrogens (tertiary/aromatic N) is 5. The fourth-order valence-corrected chi connectivity index (χ4v) is 5.74. The molecule has 0 spiro atoms. The number of rotatable bonds is 11. The van der Waals surface area contributed by atoms with Crippen LogP contribution in [0, 0.1) is 0 Å². The number of ether oxygens (including phenoxy) is 1. The lowest BCUT2D eigenvalue weighted by atomic mass is 10.1. The molecule has 0 unspecified atom stereocenters.